The fraction of sp³-hybridized carbons (Fsp3) is 0.412. The van der Waals surface area contributed by atoms with Crippen molar-refractivity contribution in [3.05, 3.63) is 29.1 Å². The highest BCUT2D eigenvalue weighted by molar-refractivity contribution is 7.19. The van der Waals surface area contributed by atoms with Crippen LogP contribution in [0.2, 0.25) is 0 Å². The van der Waals surface area contributed by atoms with Gasteiger partial charge in [-0.2, -0.15) is 5.48 Å². The van der Waals surface area contributed by atoms with E-state index in [0.29, 0.717) is 19.9 Å². The number of nitrogens with one attached hydrogen (secondary N) is 2. The molecule has 0 unspecified atom stereocenters. The van der Waals surface area contributed by atoms with Crippen molar-refractivity contribution in [3.63, 3.8) is 0 Å². The second kappa shape index (κ2) is 6.67. The molecule has 3 rings (SSSR count). The molecule has 0 saturated carbocycles. The first-order chi connectivity index (χ1) is 10.7. The molecule has 1 aliphatic heterocycles. The fourth-order valence-corrected chi connectivity index (χ4v) is 3.79. The molecule has 2 aromatic rings. The van der Waals surface area contributed by atoms with Crippen LogP contribution < -0.4 is 15.5 Å². The third-order valence-corrected chi connectivity index (χ3v) is 5.31. The topological polar surface area (TPSA) is 42.5 Å². The Bertz CT molecular complexity index is 706. The average Bonchev–Trinajstić information content (AvgIpc) is 2.85. The first-order valence-electron chi connectivity index (χ1n) is 7.38. The van der Waals surface area contributed by atoms with E-state index in [4.69, 9.17) is 9.57 Å². The Kier molecular flexibility index (Phi) is 4.65. The zero-order chi connectivity index (χ0) is 15.4. The number of hydrogen-bond donors (Lipinski definition) is 2. The second-order valence-electron chi connectivity index (χ2n) is 5.43. The molecule has 1 fully saturated rings. The zero-order valence-corrected chi connectivity index (χ0v) is 13.7. The summed E-state index contributed by atoms with van der Waals surface area (Å²) >= 11 is 1.78. The van der Waals surface area contributed by atoms with Crippen molar-refractivity contribution in [1.82, 2.24) is 10.8 Å². The van der Waals surface area contributed by atoms with Gasteiger partial charge in [0, 0.05) is 4.88 Å². The van der Waals surface area contributed by atoms with Crippen molar-refractivity contribution < 1.29 is 9.57 Å². The molecule has 4 nitrogen and oxygen atoms in total. The number of benzene rings is 1. The quantitative estimate of drug-likeness (QED) is 0.854. The number of hydroxylamine groups is 1. The number of ether oxygens (including phenoxy) is 1. The Morgan fingerprint density at radius 1 is 1.45 bits per heavy atom. The molecule has 5 heteroatoms. The van der Waals surface area contributed by atoms with Crippen LogP contribution in [0.4, 0.5) is 0 Å². The Morgan fingerprint density at radius 2 is 2.36 bits per heavy atom. The summed E-state index contributed by atoms with van der Waals surface area (Å²) in [7, 11) is 0. The van der Waals surface area contributed by atoms with Gasteiger partial charge in [0.25, 0.3) is 0 Å². The molecule has 2 heterocycles. The van der Waals surface area contributed by atoms with Gasteiger partial charge in [-0.1, -0.05) is 18.1 Å². The Labute approximate surface area is 134 Å². The van der Waals surface area contributed by atoms with E-state index < -0.39 is 0 Å². The molecule has 1 aliphatic rings. The van der Waals surface area contributed by atoms with Gasteiger partial charge in [0.05, 0.1) is 23.5 Å². The summed E-state index contributed by atoms with van der Waals surface area (Å²) in [6, 6.07) is 8.41. The smallest absolute Gasteiger partial charge is 0.149 e. The van der Waals surface area contributed by atoms with E-state index in [1.165, 1.54) is 15.0 Å². The molecule has 0 amide bonds. The molecule has 1 saturated heterocycles. The first-order valence-corrected chi connectivity index (χ1v) is 8.20. The molecular weight excluding hydrogens is 296 g/mol. The summed E-state index contributed by atoms with van der Waals surface area (Å²) in [6.45, 7) is 5.79. The zero-order valence-electron chi connectivity index (χ0n) is 12.9. The van der Waals surface area contributed by atoms with Crippen LogP contribution in [0.1, 0.15) is 25.1 Å². The lowest BCUT2D eigenvalue weighted by Crippen LogP contribution is -2.41. The third-order valence-electron chi connectivity index (χ3n) is 3.89. The lowest BCUT2D eigenvalue weighted by Gasteiger charge is -2.26. The van der Waals surface area contributed by atoms with Crippen LogP contribution in [-0.4, -0.2) is 19.9 Å². The molecular formula is C17H20N2O2S. The van der Waals surface area contributed by atoms with Crippen molar-refractivity contribution in [3.8, 4) is 17.6 Å². The highest BCUT2D eigenvalue weighted by atomic mass is 32.1. The van der Waals surface area contributed by atoms with Crippen molar-refractivity contribution in [2.45, 2.75) is 25.8 Å². The molecule has 2 N–H and O–H groups in total. The number of hydrogen-bond acceptors (Lipinski definition) is 5. The standard InChI is InChI=1S/C17H20N2O2S/c1-3-4-9-20-14-7-5-6-13-11-15(22-16(13)14)17(2)8-10-21-19-12-18-17/h5-7,11,18-19H,8-10,12H2,1-2H3/t17-/m0/s1. The van der Waals surface area contributed by atoms with Gasteiger partial charge in [0.15, 0.2) is 0 Å². The fourth-order valence-electron chi connectivity index (χ4n) is 2.52. The molecule has 116 valence electrons. The number of thiophene rings is 1. The molecule has 1 aromatic carbocycles. The van der Waals surface area contributed by atoms with E-state index in [-0.39, 0.29) is 5.54 Å². The predicted molar refractivity (Wildman–Crippen MR) is 89.8 cm³/mol. The summed E-state index contributed by atoms with van der Waals surface area (Å²) in [5.41, 5.74) is 2.82. The van der Waals surface area contributed by atoms with Crippen LogP contribution in [0.25, 0.3) is 10.1 Å². The minimum absolute atomic E-state index is 0.0896. The average molecular weight is 316 g/mol. The number of rotatable bonds is 3. The van der Waals surface area contributed by atoms with Gasteiger partial charge in [-0.25, -0.2) is 0 Å². The van der Waals surface area contributed by atoms with Gasteiger partial charge in [0.1, 0.15) is 12.4 Å². The van der Waals surface area contributed by atoms with Crippen molar-refractivity contribution in [1.29, 1.82) is 0 Å². The Hall–Kier alpha value is -1.58. The molecule has 0 bridgehead atoms. The summed E-state index contributed by atoms with van der Waals surface area (Å²) in [5, 5.41) is 4.73. The first kappa shape index (κ1) is 15.3. The highest BCUT2D eigenvalue weighted by Crippen LogP contribution is 2.39. The van der Waals surface area contributed by atoms with E-state index in [1.54, 1.807) is 11.3 Å². The largest absolute Gasteiger partial charge is 0.479 e. The van der Waals surface area contributed by atoms with Gasteiger partial charge in [-0.3, -0.25) is 5.32 Å². The molecule has 1 atom stereocenters. The van der Waals surface area contributed by atoms with Crippen LogP contribution in [0.3, 0.4) is 0 Å². The second-order valence-corrected chi connectivity index (χ2v) is 6.48. The van der Waals surface area contributed by atoms with Crippen LogP contribution >= 0.6 is 11.3 Å². The molecule has 22 heavy (non-hydrogen) atoms. The van der Waals surface area contributed by atoms with Crippen LogP contribution in [0, 0.1) is 11.8 Å². The summed E-state index contributed by atoms with van der Waals surface area (Å²) in [6.07, 6.45) is 0.921. The number of fused-ring (bicyclic) bond motifs is 1. The van der Waals surface area contributed by atoms with Crippen molar-refractivity contribution in [2.24, 2.45) is 0 Å². The van der Waals surface area contributed by atoms with Crippen LogP contribution in [0.15, 0.2) is 24.3 Å². The SMILES string of the molecule is CC#CCOc1cccc2cc([C@]3(C)CCONCN3)sc12. The van der Waals surface area contributed by atoms with Crippen LogP contribution in [0.5, 0.6) is 5.75 Å². The molecule has 0 spiro atoms. The predicted octanol–water partition coefficient (Wildman–Crippen LogP) is 2.99. The normalized spacial score (nSPS) is 21.9. The van der Waals surface area contributed by atoms with Gasteiger partial charge in [0.2, 0.25) is 0 Å². The monoisotopic (exact) mass is 316 g/mol. The summed E-state index contributed by atoms with van der Waals surface area (Å²) < 4.78 is 6.97. The maximum Gasteiger partial charge on any atom is 0.149 e. The van der Waals surface area contributed by atoms with E-state index in [1.807, 2.05) is 19.1 Å². The maximum absolute atomic E-state index is 5.80. The molecule has 0 aliphatic carbocycles. The lowest BCUT2D eigenvalue weighted by molar-refractivity contribution is 0.0498. The van der Waals surface area contributed by atoms with Gasteiger partial charge in [-0.15, -0.1) is 17.3 Å². The van der Waals surface area contributed by atoms with Crippen molar-refractivity contribution >= 4 is 21.4 Å². The minimum atomic E-state index is -0.0896. The molecule has 0 radical (unpaired) electrons. The maximum atomic E-state index is 5.80. The minimum Gasteiger partial charge on any atom is -0.479 e. The third kappa shape index (κ3) is 3.11. The summed E-state index contributed by atoms with van der Waals surface area (Å²) in [5.74, 6) is 6.70. The molecule has 1 aromatic heterocycles. The van der Waals surface area contributed by atoms with E-state index in [9.17, 15) is 0 Å². The van der Waals surface area contributed by atoms with Crippen LogP contribution in [-0.2, 0) is 10.4 Å². The Morgan fingerprint density at radius 3 is 3.23 bits per heavy atom. The van der Waals surface area contributed by atoms with Gasteiger partial charge >= 0.3 is 0 Å². The highest BCUT2D eigenvalue weighted by Gasteiger charge is 2.29. The van der Waals surface area contributed by atoms with E-state index >= 15 is 0 Å². The van der Waals surface area contributed by atoms with E-state index in [2.05, 4.69) is 41.7 Å². The van der Waals surface area contributed by atoms with Gasteiger partial charge < -0.3 is 9.57 Å². The van der Waals surface area contributed by atoms with E-state index in [0.717, 1.165) is 12.2 Å². The lowest BCUT2D eigenvalue weighted by atomic mass is 9.96. The summed E-state index contributed by atoms with van der Waals surface area (Å²) in [4.78, 5) is 6.63. The Balaban J connectivity index is 1.94. The van der Waals surface area contributed by atoms with Crippen molar-refractivity contribution in [2.75, 3.05) is 19.9 Å². The van der Waals surface area contributed by atoms with Gasteiger partial charge in [-0.05, 0) is 37.8 Å².